The molecule has 0 aromatic rings. The minimum absolute atomic E-state index is 0.199. The van der Waals surface area contributed by atoms with Crippen LogP contribution in [-0.2, 0) is 14.3 Å². The Kier molecular flexibility index (Phi) is 4.25. The van der Waals surface area contributed by atoms with Crippen molar-refractivity contribution in [1.29, 1.82) is 0 Å². The molecule has 0 aromatic carbocycles. The van der Waals surface area contributed by atoms with Crippen LogP contribution >= 0.6 is 0 Å². The third-order valence-electron chi connectivity index (χ3n) is 2.16. The Balaban J connectivity index is 2.03. The molecule has 0 bridgehead atoms. The molecular formula is C9H16O3. The second-order valence-corrected chi connectivity index (χ2v) is 3.24. The van der Waals surface area contributed by atoms with Crippen LogP contribution in [0.1, 0.15) is 19.3 Å². The Morgan fingerprint density at radius 2 is 2.50 bits per heavy atom. The molecule has 0 amide bonds. The van der Waals surface area contributed by atoms with Gasteiger partial charge in [0, 0.05) is 26.7 Å². The van der Waals surface area contributed by atoms with E-state index in [2.05, 4.69) is 0 Å². The number of hydrogen-bond donors (Lipinski definition) is 0. The summed E-state index contributed by atoms with van der Waals surface area (Å²) in [5.41, 5.74) is 0. The quantitative estimate of drug-likeness (QED) is 0.621. The highest BCUT2D eigenvalue weighted by Crippen LogP contribution is 2.17. The van der Waals surface area contributed by atoms with Gasteiger partial charge in [-0.05, 0) is 18.8 Å². The lowest BCUT2D eigenvalue weighted by Crippen LogP contribution is -2.09. The largest absolute Gasteiger partial charge is 0.381 e. The number of methoxy groups -OCH3 is 1. The predicted octanol–water partition coefficient (Wildman–Crippen LogP) is 1.02. The fourth-order valence-electron chi connectivity index (χ4n) is 1.41. The van der Waals surface area contributed by atoms with Gasteiger partial charge in [0.15, 0.2) is 5.78 Å². The van der Waals surface area contributed by atoms with Crippen LogP contribution in [0.2, 0.25) is 0 Å². The molecular weight excluding hydrogens is 156 g/mol. The summed E-state index contributed by atoms with van der Waals surface area (Å²) < 4.78 is 9.94. The van der Waals surface area contributed by atoms with Crippen LogP contribution in [0.15, 0.2) is 0 Å². The van der Waals surface area contributed by atoms with Gasteiger partial charge >= 0.3 is 0 Å². The highest BCUT2D eigenvalue weighted by atomic mass is 16.5. The van der Waals surface area contributed by atoms with Crippen LogP contribution in [-0.4, -0.2) is 32.7 Å². The smallest absolute Gasteiger partial charge is 0.158 e. The fourth-order valence-corrected chi connectivity index (χ4v) is 1.41. The maximum absolute atomic E-state index is 11.0. The van der Waals surface area contributed by atoms with Gasteiger partial charge in [-0.3, -0.25) is 4.79 Å². The van der Waals surface area contributed by atoms with Crippen LogP contribution in [0.3, 0.4) is 0 Å². The van der Waals surface area contributed by atoms with E-state index in [1.807, 2.05) is 0 Å². The Morgan fingerprint density at radius 1 is 1.67 bits per heavy atom. The van der Waals surface area contributed by atoms with Crippen molar-refractivity contribution in [2.45, 2.75) is 19.3 Å². The molecule has 1 heterocycles. The van der Waals surface area contributed by atoms with Crippen molar-refractivity contribution >= 4 is 5.78 Å². The molecule has 1 fully saturated rings. The normalized spacial score (nSPS) is 22.9. The third kappa shape index (κ3) is 3.32. The molecule has 0 N–H and O–H groups in total. The molecule has 1 aliphatic heterocycles. The Morgan fingerprint density at radius 3 is 3.08 bits per heavy atom. The summed E-state index contributed by atoms with van der Waals surface area (Å²) in [6, 6.07) is 0. The number of ether oxygens (including phenoxy) is 2. The maximum Gasteiger partial charge on any atom is 0.158 e. The average Bonchev–Trinajstić information content (AvgIpc) is 2.53. The Hall–Kier alpha value is -0.410. The molecule has 3 nitrogen and oxygen atoms in total. The Labute approximate surface area is 73.0 Å². The lowest BCUT2D eigenvalue weighted by atomic mass is 10.0. The molecule has 3 heteroatoms. The van der Waals surface area contributed by atoms with Crippen molar-refractivity contribution in [2.75, 3.05) is 26.9 Å². The van der Waals surface area contributed by atoms with Crippen molar-refractivity contribution in [3.63, 3.8) is 0 Å². The molecule has 1 saturated heterocycles. The standard InChI is InChI=1S/C9H16O3/c1-11-7-9(10)3-2-8-4-5-12-6-8/h8H,2-7H2,1H3. The highest BCUT2D eigenvalue weighted by Gasteiger charge is 2.16. The van der Waals surface area contributed by atoms with Gasteiger partial charge in [-0.2, -0.15) is 0 Å². The molecule has 1 atom stereocenters. The topological polar surface area (TPSA) is 35.5 Å². The van der Waals surface area contributed by atoms with Gasteiger partial charge in [-0.15, -0.1) is 0 Å². The molecule has 0 saturated carbocycles. The van der Waals surface area contributed by atoms with Gasteiger partial charge in [-0.25, -0.2) is 0 Å². The second-order valence-electron chi connectivity index (χ2n) is 3.24. The number of rotatable bonds is 5. The summed E-state index contributed by atoms with van der Waals surface area (Å²) in [7, 11) is 1.55. The van der Waals surface area contributed by atoms with Crippen LogP contribution in [0, 0.1) is 5.92 Å². The molecule has 1 rings (SSSR count). The van der Waals surface area contributed by atoms with E-state index >= 15 is 0 Å². The van der Waals surface area contributed by atoms with Gasteiger partial charge in [0.1, 0.15) is 6.61 Å². The summed E-state index contributed by atoms with van der Waals surface area (Å²) >= 11 is 0. The number of hydrogen-bond acceptors (Lipinski definition) is 3. The van der Waals surface area contributed by atoms with E-state index in [1.54, 1.807) is 7.11 Å². The first-order valence-electron chi connectivity index (χ1n) is 4.41. The molecule has 1 aliphatic rings. The minimum atomic E-state index is 0.199. The lowest BCUT2D eigenvalue weighted by Gasteiger charge is -2.05. The Bertz CT molecular complexity index is 139. The zero-order valence-electron chi connectivity index (χ0n) is 7.54. The number of carbonyl (C=O) groups excluding carboxylic acids is 1. The number of Topliss-reactive ketones (excluding diaryl/α,β-unsaturated/α-hetero) is 1. The van der Waals surface area contributed by atoms with E-state index < -0.39 is 0 Å². The van der Waals surface area contributed by atoms with E-state index in [-0.39, 0.29) is 12.4 Å². The van der Waals surface area contributed by atoms with E-state index in [4.69, 9.17) is 9.47 Å². The first-order valence-corrected chi connectivity index (χ1v) is 4.41. The monoisotopic (exact) mass is 172 g/mol. The summed E-state index contributed by atoms with van der Waals surface area (Å²) in [4.78, 5) is 11.0. The van der Waals surface area contributed by atoms with Crippen LogP contribution in [0.5, 0.6) is 0 Å². The summed E-state index contributed by atoms with van der Waals surface area (Å²) in [6.07, 6.45) is 2.71. The van der Waals surface area contributed by atoms with Crippen molar-refractivity contribution in [3.8, 4) is 0 Å². The predicted molar refractivity (Wildman–Crippen MR) is 45.0 cm³/mol. The fraction of sp³-hybridized carbons (Fsp3) is 0.889. The average molecular weight is 172 g/mol. The van der Waals surface area contributed by atoms with E-state index in [9.17, 15) is 4.79 Å². The van der Waals surface area contributed by atoms with Crippen molar-refractivity contribution in [2.24, 2.45) is 5.92 Å². The first-order chi connectivity index (χ1) is 5.83. The molecule has 70 valence electrons. The molecule has 0 aliphatic carbocycles. The SMILES string of the molecule is COCC(=O)CCC1CCOC1. The van der Waals surface area contributed by atoms with Gasteiger partial charge in [0.05, 0.1) is 0 Å². The van der Waals surface area contributed by atoms with Crippen LogP contribution in [0.4, 0.5) is 0 Å². The third-order valence-corrected chi connectivity index (χ3v) is 2.16. The van der Waals surface area contributed by atoms with E-state index in [0.29, 0.717) is 12.3 Å². The van der Waals surface area contributed by atoms with Crippen molar-refractivity contribution in [3.05, 3.63) is 0 Å². The molecule has 0 spiro atoms. The summed E-state index contributed by atoms with van der Waals surface area (Å²) in [6.45, 7) is 1.96. The molecule has 1 unspecified atom stereocenters. The molecule has 12 heavy (non-hydrogen) atoms. The second kappa shape index (κ2) is 5.27. The molecule has 0 aromatic heterocycles. The van der Waals surface area contributed by atoms with E-state index in [0.717, 1.165) is 26.1 Å². The first kappa shape index (κ1) is 9.68. The van der Waals surface area contributed by atoms with Gasteiger partial charge in [0.25, 0.3) is 0 Å². The maximum atomic E-state index is 11.0. The van der Waals surface area contributed by atoms with Gasteiger partial charge in [-0.1, -0.05) is 0 Å². The van der Waals surface area contributed by atoms with Gasteiger partial charge in [0.2, 0.25) is 0 Å². The summed E-state index contributed by atoms with van der Waals surface area (Å²) in [5.74, 6) is 0.801. The minimum Gasteiger partial charge on any atom is -0.381 e. The lowest BCUT2D eigenvalue weighted by molar-refractivity contribution is -0.122. The van der Waals surface area contributed by atoms with Gasteiger partial charge < -0.3 is 9.47 Å². The zero-order chi connectivity index (χ0) is 8.81. The molecule has 0 radical (unpaired) electrons. The summed E-state index contributed by atoms with van der Waals surface area (Å²) in [5, 5.41) is 0. The van der Waals surface area contributed by atoms with Crippen LogP contribution < -0.4 is 0 Å². The number of ketones is 1. The van der Waals surface area contributed by atoms with Crippen LogP contribution in [0.25, 0.3) is 0 Å². The van der Waals surface area contributed by atoms with E-state index in [1.165, 1.54) is 0 Å². The number of carbonyl (C=O) groups is 1. The highest BCUT2D eigenvalue weighted by molar-refractivity contribution is 5.79. The van der Waals surface area contributed by atoms with Crippen molar-refractivity contribution in [1.82, 2.24) is 0 Å². The zero-order valence-corrected chi connectivity index (χ0v) is 7.54. The van der Waals surface area contributed by atoms with Crippen molar-refractivity contribution < 1.29 is 14.3 Å².